The minimum absolute atomic E-state index is 0.0709. The number of amides is 1. The molecule has 2 aromatic carbocycles. The molecular formula is C16H17N3O3S. The zero-order valence-electron chi connectivity index (χ0n) is 12.3. The van der Waals surface area contributed by atoms with Crippen molar-refractivity contribution < 1.29 is 13.2 Å². The normalized spacial score (nSPS) is 18.4. The molecule has 2 aromatic rings. The fourth-order valence-electron chi connectivity index (χ4n) is 2.65. The topological polar surface area (TPSA) is 106 Å². The van der Waals surface area contributed by atoms with Crippen LogP contribution in [0, 0.1) is 0 Å². The van der Waals surface area contributed by atoms with Gasteiger partial charge < -0.3 is 10.6 Å². The molecular weight excluding hydrogens is 314 g/mol. The third-order valence-electron chi connectivity index (χ3n) is 3.98. The van der Waals surface area contributed by atoms with Crippen molar-refractivity contribution >= 4 is 27.3 Å². The standard InChI is InChI=1S/C16H17N3O3S/c17-13-5-1-11(2-6-13)12-3-7-14(8-4-12)19-10-15(9-16(19)20)23(18,21)22/h1-8,15H,9-10,17H2,(H2,18,21,22). The summed E-state index contributed by atoms with van der Waals surface area (Å²) in [7, 11) is -3.71. The van der Waals surface area contributed by atoms with Crippen LogP contribution in [-0.4, -0.2) is 26.1 Å². The Bertz CT molecular complexity index is 830. The summed E-state index contributed by atoms with van der Waals surface area (Å²) in [5.41, 5.74) is 9.04. The zero-order chi connectivity index (χ0) is 16.6. The van der Waals surface area contributed by atoms with Crippen molar-refractivity contribution in [2.45, 2.75) is 11.7 Å². The second-order valence-corrected chi connectivity index (χ2v) is 7.43. The predicted octanol–water partition coefficient (Wildman–Crippen LogP) is 1.33. The fraction of sp³-hybridized carbons (Fsp3) is 0.188. The van der Waals surface area contributed by atoms with Crippen LogP contribution >= 0.6 is 0 Å². The molecule has 3 rings (SSSR count). The number of anilines is 2. The van der Waals surface area contributed by atoms with Crippen molar-refractivity contribution in [1.29, 1.82) is 0 Å². The summed E-state index contributed by atoms with van der Waals surface area (Å²) in [6.45, 7) is 0.0961. The number of benzene rings is 2. The molecule has 0 aromatic heterocycles. The van der Waals surface area contributed by atoms with Gasteiger partial charge in [-0.15, -0.1) is 0 Å². The number of primary sulfonamides is 1. The molecule has 1 amide bonds. The summed E-state index contributed by atoms with van der Waals surface area (Å²) in [5.74, 6) is -0.232. The molecule has 1 fully saturated rings. The lowest BCUT2D eigenvalue weighted by molar-refractivity contribution is -0.117. The number of carbonyl (C=O) groups excluding carboxylic acids is 1. The molecule has 0 aliphatic carbocycles. The summed E-state index contributed by atoms with van der Waals surface area (Å²) < 4.78 is 22.8. The maximum atomic E-state index is 12.0. The van der Waals surface area contributed by atoms with Crippen LogP contribution in [0.4, 0.5) is 11.4 Å². The molecule has 120 valence electrons. The Kier molecular flexibility index (Phi) is 3.83. The summed E-state index contributed by atoms with van der Waals surface area (Å²) in [6.07, 6.45) is -0.0709. The highest BCUT2D eigenvalue weighted by Gasteiger charge is 2.37. The second kappa shape index (κ2) is 5.68. The maximum Gasteiger partial charge on any atom is 0.228 e. The van der Waals surface area contributed by atoms with E-state index in [4.69, 9.17) is 10.9 Å². The van der Waals surface area contributed by atoms with Crippen LogP contribution in [0.15, 0.2) is 48.5 Å². The van der Waals surface area contributed by atoms with E-state index in [0.29, 0.717) is 11.4 Å². The number of nitrogens with zero attached hydrogens (tertiary/aromatic N) is 1. The van der Waals surface area contributed by atoms with Crippen LogP contribution in [0.5, 0.6) is 0 Å². The second-order valence-electron chi connectivity index (χ2n) is 5.59. The smallest absolute Gasteiger partial charge is 0.228 e. The molecule has 6 nitrogen and oxygen atoms in total. The first-order chi connectivity index (χ1) is 10.8. The number of hydrogen-bond acceptors (Lipinski definition) is 4. The van der Waals surface area contributed by atoms with E-state index in [-0.39, 0.29) is 18.9 Å². The van der Waals surface area contributed by atoms with Crippen molar-refractivity contribution in [3.05, 3.63) is 48.5 Å². The number of rotatable bonds is 3. The lowest BCUT2D eigenvalue weighted by atomic mass is 10.0. The van der Waals surface area contributed by atoms with E-state index in [0.717, 1.165) is 11.1 Å². The van der Waals surface area contributed by atoms with Gasteiger partial charge in [0.1, 0.15) is 5.25 Å². The quantitative estimate of drug-likeness (QED) is 0.827. The molecule has 1 atom stereocenters. The molecule has 1 saturated heterocycles. The molecule has 4 N–H and O–H groups in total. The Morgan fingerprint density at radius 3 is 1.96 bits per heavy atom. The van der Waals surface area contributed by atoms with Crippen molar-refractivity contribution in [3.8, 4) is 11.1 Å². The average Bonchev–Trinajstić information content (AvgIpc) is 2.90. The van der Waals surface area contributed by atoms with Gasteiger partial charge in [-0.05, 0) is 35.4 Å². The van der Waals surface area contributed by atoms with Gasteiger partial charge >= 0.3 is 0 Å². The SMILES string of the molecule is Nc1ccc(-c2ccc(N3CC(S(N)(=O)=O)CC3=O)cc2)cc1. The molecule has 0 spiro atoms. The van der Waals surface area contributed by atoms with Gasteiger partial charge in [0.2, 0.25) is 15.9 Å². The first-order valence-electron chi connectivity index (χ1n) is 7.12. The minimum Gasteiger partial charge on any atom is -0.399 e. The summed E-state index contributed by atoms with van der Waals surface area (Å²) in [5, 5.41) is 4.30. The molecule has 1 heterocycles. The van der Waals surface area contributed by atoms with E-state index >= 15 is 0 Å². The lowest BCUT2D eigenvalue weighted by Crippen LogP contribution is -2.32. The highest BCUT2D eigenvalue weighted by atomic mass is 32.2. The monoisotopic (exact) mass is 331 g/mol. The van der Waals surface area contributed by atoms with E-state index in [1.54, 1.807) is 12.1 Å². The Hall–Kier alpha value is -2.38. The van der Waals surface area contributed by atoms with Gasteiger partial charge in [0.15, 0.2) is 0 Å². The van der Waals surface area contributed by atoms with E-state index < -0.39 is 15.3 Å². The largest absolute Gasteiger partial charge is 0.399 e. The number of carbonyl (C=O) groups is 1. The fourth-order valence-corrected chi connectivity index (χ4v) is 3.39. The summed E-state index contributed by atoms with van der Waals surface area (Å²) in [4.78, 5) is 13.5. The first kappa shape index (κ1) is 15.5. The van der Waals surface area contributed by atoms with Crippen molar-refractivity contribution in [1.82, 2.24) is 0 Å². The predicted molar refractivity (Wildman–Crippen MR) is 90.2 cm³/mol. The van der Waals surface area contributed by atoms with Gasteiger partial charge in [-0.1, -0.05) is 24.3 Å². The van der Waals surface area contributed by atoms with Gasteiger partial charge in [-0.25, -0.2) is 13.6 Å². The molecule has 1 aliphatic heterocycles. The Morgan fingerprint density at radius 1 is 0.957 bits per heavy atom. The third kappa shape index (κ3) is 3.20. The highest BCUT2D eigenvalue weighted by molar-refractivity contribution is 7.89. The number of nitrogens with two attached hydrogens (primary N) is 2. The van der Waals surface area contributed by atoms with Crippen LogP contribution in [0.1, 0.15) is 6.42 Å². The molecule has 0 bridgehead atoms. The van der Waals surface area contributed by atoms with Gasteiger partial charge in [0, 0.05) is 24.3 Å². The Morgan fingerprint density at radius 2 is 1.48 bits per heavy atom. The number of hydrogen-bond donors (Lipinski definition) is 2. The van der Waals surface area contributed by atoms with Crippen LogP contribution in [0.2, 0.25) is 0 Å². The minimum atomic E-state index is -3.71. The number of nitrogen functional groups attached to an aromatic ring is 1. The molecule has 0 radical (unpaired) electrons. The van der Waals surface area contributed by atoms with E-state index in [2.05, 4.69) is 0 Å². The maximum absolute atomic E-state index is 12.0. The van der Waals surface area contributed by atoms with E-state index in [9.17, 15) is 13.2 Å². The van der Waals surface area contributed by atoms with Gasteiger partial charge in [-0.2, -0.15) is 0 Å². The average molecular weight is 331 g/mol. The molecule has 7 heteroatoms. The molecule has 1 aliphatic rings. The third-order valence-corrected chi connectivity index (χ3v) is 5.22. The summed E-state index contributed by atoms with van der Waals surface area (Å²) in [6, 6.07) is 14.9. The van der Waals surface area contributed by atoms with Crippen LogP contribution < -0.4 is 15.8 Å². The summed E-state index contributed by atoms with van der Waals surface area (Å²) >= 11 is 0. The Labute approximate surface area is 134 Å². The number of sulfonamides is 1. The highest BCUT2D eigenvalue weighted by Crippen LogP contribution is 2.27. The van der Waals surface area contributed by atoms with Crippen molar-refractivity contribution in [2.75, 3.05) is 17.2 Å². The van der Waals surface area contributed by atoms with E-state index in [1.807, 2.05) is 36.4 Å². The van der Waals surface area contributed by atoms with Gasteiger partial charge in [0.05, 0.1) is 0 Å². The Balaban J connectivity index is 1.83. The van der Waals surface area contributed by atoms with E-state index in [1.165, 1.54) is 4.90 Å². The molecule has 1 unspecified atom stereocenters. The molecule has 0 saturated carbocycles. The zero-order valence-corrected chi connectivity index (χ0v) is 13.2. The lowest BCUT2D eigenvalue weighted by Gasteiger charge is -2.17. The van der Waals surface area contributed by atoms with Gasteiger partial charge in [-0.3, -0.25) is 4.79 Å². The molecule has 23 heavy (non-hydrogen) atoms. The van der Waals surface area contributed by atoms with Crippen LogP contribution in [-0.2, 0) is 14.8 Å². The van der Waals surface area contributed by atoms with Gasteiger partial charge in [0.25, 0.3) is 0 Å². The van der Waals surface area contributed by atoms with Crippen LogP contribution in [0.3, 0.4) is 0 Å². The van der Waals surface area contributed by atoms with Crippen LogP contribution in [0.25, 0.3) is 11.1 Å². The first-order valence-corrected chi connectivity index (χ1v) is 8.73. The van der Waals surface area contributed by atoms with Crippen molar-refractivity contribution in [3.63, 3.8) is 0 Å². The van der Waals surface area contributed by atoms with Crippen molar-refractivity contribution in [2.24, 2.45) is 5.14 Å².